The van der Waals surface area contributed by atoms with Crippen LogP contribution in [0.25, 0.3) is 43.7 Å². The van der Waals surface area contributed by atoms with Gasteiger partial charge in [0.1, 0.15) is 11.4 Å². The number of ketones is 1. The largest absolute Gasteiger partial charge is 0.454 e. The number of aryl methyl sites for hydroxylation is 2. The van der Waals surface area contributed by atoms with Crippen molar-refractivity contribution in [2.45, 2.75) is 6.92 Å². The summed E-state index contributed by atoms with van der Waals surface area (Å²) in [5.41, 5.74) is 5.03. The van der Waals surface area contributed by atoms with Gasteiger partial charge in [0.25, 0.3) is 0 Å². The minimum absolute atomic E-state index is 0.110. The second-order valence-electron chi connectivity index (χ2n) is 7.63. The van der Waals surface area contributed by atoms with Crippen molar-refractivity contribution in [3.8, 4) is 10.8 Å². The van der Waals surface area contributed by atoms with Gasteiger partial charge in [0.15, 0.2) is 16.6 Å². The molecule has 6 rings (SSSR count). The number of hydrogen-bond donors (Lipinski definition) is 0. The van der Waals surface area contributed by atoms with Gasteiger partial charge in [-0.25, -0.2) is 9.50 Å². The van der Waals surface area contributed by atoms with Crippen molar-refractivity contribution < 1.29 is 9.21 Å². The molecule has 0 N–H and O–H groups in total. The number of fused-ring (bicyclic) bond motifs is 4. The van der Waals surface area contributed by atoms with Crippen LogP contribution < -0.4 is 0 Å². The van der Waals surface area contributed by atoms with Crippen LogP contribution in [-0.2, 0) is 7.05 Å². The fourth-order valence-corrected chi connectivity index (χ4v) is 5.03. The van der Waals surface area contributed by atoms with Crippen LogP contribution in [-0.4, -0.2) is 24.9 Å². The first-order chi connectivity index (χ1) is 15.6. The third-order valence-corrected chi connectivity index (χ3v) is 6.65. The summed E-state index contributed by atoms with van der Waals surface area (Å²) in [7, 11) is 1.95. The summed E-state index contributed by atoms with van der Waals surface area (Å²) >= 11 is 1.58. The predicted molar refractivity (Wildman–Crippen MR) is 127 cm³/mol. The maximum Gasteiger partial charge on any atom is 0.191 e. The lowest BCUT2D eigenvalue weighted by Crippen LogP contribution is -1.99. The van der Waals surface area contributed by atoms with E-state index >= 15 is 0 Å². The molecule has 4 aromatic heterocycles. The van der Waals surface area contributed by atoms with E-state index in [0.717, 1.165) is 31.9 Å². The zero-order valence-corrected chi connectivity index (χ0v) is 18.3. The van der Waals surface area contributed by atoms with Crippen molar-refractivity contribution in [2.75, 3.05) is 0 Å². The van der Waals surface area contributed by atoms with Crippen LogP contribution >= 0.6 is 11.3 Å². The molecule has 0 bridgehead atoms. The fraction of sp³-hybridized carbons (Fsp3) is 0.0800. The van der Waals surface area contributed by atoms with Gasteiger partial charge in [-0.3, -0.25) is 4.79 Å². The molecule has 0 radical (unpaired) electrons. The highest BCUT2D eigenvalue weighted by atomic mass is 32.1. The molecule has 6 aromatic rings. The molecule has 0 aliphatic heterocycles. The molecule has 0 unspecified atom stereocenters. The molecule has 32 heavy (non-hydrogen) atoms. The molecule has 4 heterocycles. The lowest BCUT2D eigenvalue weighted by atomic mass is 10.1. The van der Waals surface area contributed by atoms with Crippen LogP contribution in [0.15, 0.2) is 71.2 Å². The van der Waals surface area contributed by atoms with Gasteiger partial charge in [-0.1, -0.05) is 24.3 Å². The summed E-state index contributed by atoms with van der Waals surface area (Å²) in [5.74, 6) is 1.18. The van der Waals surface area contributed by atoms with E-state index in [-0.39, 0.29) is 5.78 Å². The minimum Gasteiger partial charge on any atom is -0.454 e. The number of nitrogens with zero attached hydrogens (tertiary/aromatic N) is 4. The highest BCUT2D eigenvalue weighted by Gasteiger charge is 2.21. The van der Waals surface area contributed by atoms with Crippen LogP contribution in [0.1, 0.15) is 21.8 Å². The van der Waals surface area contributed by atoms with Gasteiger partial charge in [-0.15, -0.1) is 11.3 Å². The Morgan fingerprint density at radius 1 is 1.03 bits per heavy atom. The van der Waals surface area contributed by atoms with Gasteiger partial charge in [0.05, 0.1) is 32.5 Å². The number of thiazole rings is 1. The van der Waals surface area contributed by atoms with Crippen molar-refractivity contribution in [1.29, 1.82) is 0 Å². The Bertz CT molecular complexity index is 1650. The Morgan fingerprint density at radius 3 is 2.66 bits per heavy atom. The SMILES string of the molecule is Cc1nn2c3ccccc3n(C)c2c1C(=O)/C=C/c1ccc(-c2nc3ccccc3s2)o1. The summed E-state index contributed by atoms with van der Waals surface area (Å²) in [6.45, 7) is 1.86. The van der Waals surface area contributed by atoms with E-state index in [2.05, 4.69) is 10.1 Å². The summed E-state index contributed by atoms with van der Waals surface area (Å²) < 4.78 is 10.9. The number of allylic oxidation sites excluding steroid dienone is 1. The second kappa shape index (κ2) is 7.03. The Hall–Kier alpha value is -3.97. The van der Waals surface area contributed by atoms with E-state index in [1.807, 2.05) is 83.7 Å². The van der Waals surface area contributed by atoms with Gasteiger partial charge in [0, 0.05) is 7.05 Å². The molecule has 0 aliphatic carbocycles. The molecule has 0 fully saturated rings. The molecule has 6 nitrogen and oxygen atoms in total. The maximum atomic E-state index is 13.1. The Balaban J connectivity index is 1.34. The van der Waals surface area contributed by atoms with Crippen LogP contribution in [0, 0.1) is 6.92 Å². The quantitative estimate of drug-likeness (QED) is 0.254. The predicted octanol–water partition coefficient (Wildman–Crippen LogP) is 5.90. The lowest BCUT2D eigenvalue weighted by Gasteiger charge is -1.98. The lowest BCUT2D eigenvalue weighted by molar-refractivity contribution is 0.104. The first-order valence-corrected chi connectivity index (χ1v) is 11.0. The van der Waals surface area contributed by atoms with E-state index in [0.29, 0.717) is 22.8 Å². The van der Waals surface area contributed by atoms with E-state index < -0.39 is 0 Å². The normalized spacial score (nSPS) is 12.1. The number of imidazole rings is 1. The van der Waals surface area contributed by atoms with E-state index in [9.17, 15) is 4.79 Å². The van der Waals surface area contributed by atoms with E-state index in [1.54, 1.807) is 23.5 Å². The minimum atomic E-state index is -0.110. The molecule has 2 aromatic carbocycles. The van der Waals surface area contributed by atoms with Crippen LogP contribution in [0.5, 0.6) is 0 Å². The number of aromatic nitrogens is 4. The maximum absolute atomic E-state index is 13.1. The molecule has 0 saturated heterocycles. The van der Waals surface area contributed by atoms with Crippen LogP contribution in [0.4, 0.5) is 0 Å². The van der Waals surface area contributed by atoms with Gasteiger partial charge in [-0.05, 0) is 55.5 Å². The number of carbonyl (C=O) groups excluding carboxylic acids is 1. The molecule has 0 saturated carbocycles. The number of furan rings is 1. The topological polar surface area (TPSA) is 65.3 Å². The second-order valence-corrected chi connectivity index (χ2v) is 8.66. The standard InChI is InChI=1S/C25H18N4O2S/c1-15-23(25-28(2)18-8-4-5-9-19(18)29(25)27-15)20(30)13-11-16-12-14-21(31-16)24-26-17-7-3-6-10-22(17)32-24/h3-14H,1-2H3/b13-11+. The molecule has 0 atom stereocenters. The average Bonchev–Trinajstić information content (AvgIpc) is 3.56. The highest BCUT2D eigenvalue weighted by molar-refractivity contribution is 7.21. The fourth-order valence-electron chi connectivity index (χ4n) is 4.10. The highest BCUT2D eigenvalue weighted by Crippen LogP contribution is 2.31. The van der Waals surface area contributed by atoms with Gasteiger partial charge in [0.2, 0.25) is 0 Å². The smallest absolute Gasteiger partial charge is 0.191 e. The zero-order chi connectivity index (χ0) is 21.8. The van der Waals surface area contributed by atoms with Crippen LogP contribution in [0.2, 0.25) is 0 Å². The van der Waals surface area contributed by atoms with Crippen LogP contribution in [0.3, 0.4) is 0 Å². The van der Waals surface area contributed by atoms with Crippen molar-refractivity contribution in [3.05, 3.63) is 83.8 Å². The number of carbonyl (C=O) groups is 1. The van der Waals surface area contributed by atoms with Crippen molar-refractivity contribution in [3.63, 3.8) is 0 Å². The Morgan fingerprint density at radius 2 is 1.81 bits per heavy atom. The van der Waals surface area contributed by atoms with Gasteiger partial charge < -0.3 is 8.98 Å². The molecule has 0 amide bonds. The average molecular weight is 439 g/mol. The molecule has 0 aliphatic rings. The van der Waals surface area contributed by atoms with Crippen molar-refractivity contribution in [2.24, 2.45) is 7.05 Å². The monoisotopic (exact) mass is 438 g/mol. The summed E-state index contributed by atoms with van der Waals surface area (Å²) in [4.78, 5) is 17.8. The third kappa shape index (κ3) is 2.82. The van der Waals surface area contributed by atoms with Crippen molar-refractivity contribution in [1.82, 2.24) is 19.2 Å². The summed E-state index contributed by atoms with van der Waals surface area (Å²) in [6.07, 6.45) is 3.24. The Kier molecular flexibility index (Phi) is 4.13. The number of benzene rings is 2. The zero-order valence-electron chi connectivity index (χ0n) is 17.4. The number of para-hydroxylation sites is 3. The summed E-state index contributed by atoms with van der Waals surface area (Å²) in [5, 5.41) is 5.43. The van der Waals surface area contributed by atoms with E-state index in [1.165, 1.54) is 0 Å². The first-order valence-electron chi connectivity index (χ1n) is 10.2. The molecule has 0 spiro atoms. The third-order valence-electron chi connectivity index (χ3n) is 5.60. The molecule has 156 valence electrons. The van der Waals surface area contributed by atoms with Gasteiger partial charge >= 0.3 is 0 Å². The number of rotatable bonds is 4. The van der Waals surface area contributed by atoms with E-state index in [4.69, 9.17) is 4.42 Å². The van der Waals surface area contributed by atoms with Crippen molar-refractivity contribution >= 4 is 50.1 Å². The summed E-state index contributed by atoms with van der Waals surface area (Å²) in [6, 6.07) is 19.7. The molecule has 7 heteroatoms. The molecular formula is C25H18N4O2S. The number of hydrogen-bond acceptors (Lipinski definition) is 5. The Labute approximate surface area is 187 Å². The molecular weight excluding hydrogens is 420 g/mol. The van der Waals surface area contributed by atoms with Gasteiger partial charge in [-0.2, -0.15) is 5.10 Å². The first kappa shape index (κ1) is 18.8.